The fourth-order valence-electron chi connectivity index (χ4n) is 2.29. The molecule has 5 nitrogen and oxygen atoms in total. The summed E-state index contributed by atoms with van der Waals surface area (Å²) in [4.78, 5) is 22.9. The molecule has 1 unspecified atom stereocenters. The van der Waals surface area contributed by atoms with Crippen LogP contribution in [0.25, 0.3) is 11.2 Å². The molecule has 0 saturated heterocycles. The number of aromatic nitrogens is 3. The van der Waals surface area contributed by atoms with E-state index in [0.29, 0.717) is 17.1 Å². The van der Waals surface area contributed by atoms with Crippen LogP contribution in [0.2, 0.25) is 0 Å². The third-order valence-electron chi connectivity index (χ3n) is 3.43. The van der Waals surface area contributed by atoms with Crippen molar-refractivity contribution >= 4 is 17.1 Å². The molecule has 0 fully saturated rings. The lowest BCUT2D eigenvalue weighted by Crippen LogP contribution is -2.00. The molecular formula is C14H19N3O2. The quantitative estimate of drug-likeness (QED) is 0.835. The first kappa shape index (κ1) is 13.5. The van der Waals surface area contributed by atoms with Gasteiger partial charge in [0.15, 0.2) is 5.65 Å². The third kappa shape index (κ3) is 2.75. The van der Waals surface area contributed by atoms with Gasteiger partial charge in [-0.15, -0.1) is 0 Å². The predicted molar refractivity (Wildman–Crippen MR) is 73.4 cm³/mol. The summed E-state index contributed by atoms with van der Waals surface area (Å²) in [6.07, 6.45) is 5.84. The number of pyridine rings is 1. The Labute approximate surface area is 112 Å². The number of imidazole rings is 1. The lowest BCUT2D eigenvalue weighted by atomic mass is 9.99. The van der Waals surface area contributed by atoms with E-state index >= 15 is 0 Å². The highest BCUT2D eigenvalue weighted by molar-refractivity contribution is 5.99. The van der Waals surface area contributed by atoms with Crippen molar-refractivity contribution in [2.45, 2.75) is 45.4 Å². The summed E-state index contributed by atoms with van der Waals surface area (Å²) in [5.74, 6) is 0.243. The van der Waals surface area contributed by atoms with Gasteiger partial charge in [-0.1, -0.05) is 26.7 Å². The third-order valence-corrected chi connectivity index (χ3v) is 3.43. The number of H-pyrrole nitrogens is 1. The van der Waals surface area contributed by atoms with Crippen LogP contribution in [0.3, 0.4) is 0 Å². The van der Waals surface area contributed by atoms with Crippen LogP contribution >= 0.6 is 0 Å². The second-order valence-electron chi connectivity index (χ2n) is 4.73. The van der Waals surface area contributed by atoms with Crippen molar-refractivity contribution in [3.63, 3.8) is 0 Å². The lowest BCUT2D eigenvalue weighted by molar-refractivity contribution is 0.0698. The summed E-state index contributed by atoms with van der Waals surface area (Å²) in [6.45, 7) is 4.29. The van der Waals surface area contributed by atoms with Gasteiger partial charge in [-0.3, -0.25) is 0 Å². The molecule has 2 N–H and O–H groups in total. The van der Waals surface area contributed by atoms with Gasteiger partial charge in [-0.2, -0.15) is 0 Å². The van der Waals surface area contributed by atoms with Crippen LogP contribution in [-0.2, 0) is 0 Å². The largest absolute Gasteiger partial charge is 0.478 e. The number of rotatable bonds is 6. The molecule has 0 bridgehead atoms. The highest BCUT2D eigenvalue weighted by atomic mass is 16.4. The summed E-state index contributed by atoms with van der Waals surface area (Å²) < 4.78 is 0. The number of unbranched alkanes of at least 4 members (excludes halogenated alkanes) is 1. The van der Waals surface area contributed by atoms with Gasteiger partial charge < -0.3 is 10.1 Å². The van der Waals surface area contributed by atoms with Gasteiger partial charge in [0, 0.05) is 12.1 Å². The Morgan fingerprint density at radius 2 is 2.26 bits per heavy atom. The zero-order chi connectivity index (χ0) is 13.8. The average molecular weight is 261 g/mol. The SMILES string of the molecule is CCCCC(CC)c1nc2nccc(C(=O)O)c2[nH]1. The molecule has 2 heterocycles. The van der Waals surface area contributed by atoms with Crippen LogP contribution in [0.5, 0.6) is 0 Å². The van der Waals surface area contributed by atoms with Crippen LogP contribution in [0, 0.1) is 0 Å². The molecular weight excluding hydrogens is 242 g/mol. The minimum absolute atomic E-state index is 0.231. The van der Waals surface area contributed by atoms with Crippen molar-refractivity contribution in [3.05, 3.63) is 23.7 Å². The van der Waals surface area contributed by atoms with E-state index in [2.05, 4.69) is 28.8 Å². The fourth-order valence-corrected chi connectivity index (χ4v) is 2.29. The topological polar surface area (TPSA) is 78.9 Å². The second kappa shape index (κ2) is 5.82. The molecule has 102 valence electrons. The Morgan fingerprint density at radius 3 is 2.89 bits per heavy atom. The van der Waals surface area contributed by atoms with Crippen LogP contribution in [0.4, 0.5) is 0 Å². The Hall–Kier alpha value is -1.91. The summed E-state index contributed by atoms with van der Waals surface area (Å²) in [5, 5.41) is 9.15. The van der Waals surface area contributed by atoms with E-state index in [1.165, 1.54) is 12.3 Å². The van der Waals surface area contributed by atoms with Crippen LogP contribution in [0.15, 0.2) is 12.3 Å². The van der Waals surface area contributed by atoms with E-state index in [1.54, 1.807) is 0 Å². The van der Waals surface area contributed by atoms with Gasteiger partial charge in [0.1, 0.15) is 5.82 Å². The number of carbonyl (C=O) groups is 1. The number of hydrogen-bond donors (Lipinski definition) is 2. The Balaban J connectivity index is 2.40. The summed E-state index contributed by atoms with van der Waals surface area (Å²) in [5.41, 5.74) is 1.25. The molecule has 1 atom stereocenters. The van der Waals surface area contributed by atoms with Gasteiger partial charge in [-0.25, -0.2) is 14.8 Å². The maximum absolute atomic E-state index is 11.2. The van der Waals surface area contributed by atoms with E-state index < -0.39 is 5.97 Å². The van der Waals surface area contributed by atoms with Crippen LogP contribution in [0.1, 0.15) is 61.6 Å². The van der Waals surface area contributed by atoms with Crippen molar-refractivity contribution in [2.24, 2.45) is 0 Å². The van der Waals surface area contributed by atoms with Crippen molar-refractivity contribution in [3.8, 4) is 0 Å². The number of carboxylic acids is 1. The van der Waals surface area contributed by atoms with Crippen molar-refractivity contribution in [2.75, 3.05) is 0 Å². The monoisotopic (exact) mass is 261 g/mol. The minimum atomic E-state index is -0.954. The number of nitrogens with one attached hydrogen (secondary N) is 1. The molecule has 2 rings (SSSR count). The van der Waals surface area contributed by atoms with E-state index in [0.717, 1.165) is 31.5 Å². The number of aromatic amines is 1. The minimum Gasteiger partial charge on any atom is -0.478 e. The number of hydrogen-bond acceptors (Lipinski definition) is 3. The second-order valence-corrected chi connectivity index (χ2v) is 4.73. The normalized spacial score (nSPS) is 12.7. The predicted octanol–water partition coefficient (Wildman–Crippen LogP) is 3.34. The smallest absolute Gasteiger partial charge is 0.338 e. The molecule has 2 aromatic rings. The van der Waals surface area contributed by atoms with Crippen molar-refractivity contribution in [1.29, 1.82) is 0 Å². The van der Waals surface area contributed by atoms with E-state index in [1.807, 2.05) is 0 Å². The number of fused-ring (bicyclic) bond motifs is 1. The summed E-state index contributed by atoms with van der Waals surface area (Å²) >= 11 is 0. The number of aromatic carboxylic acids is 1. The first-order chi connectivity index (χ1) is 9.17. The molecule has 19 heavy (non-hydrogen) atoms. The van der Waals surface area contributed by atoms with Gasteiger partial charge in [0.05, 0.1) is 11.1 Å². The van der Waals surface area contributed by atoms with Crippen molar-refractivity contribution in [1.82, 2.24) is 15.0 Å². The first-order valence-electron chi connectivity index (χ1n) is 6.75. The van der Waals surface area contributed by atoms with Gasteiger partial charge >= 0.3 is 5.97 Å². The van der Waals surface area contributed by atoms with E-state index in [9.17, 15) is 4.79 Å². The standard InChI is InChI=1S/C14H19N3O2/c1-3-5-6-9(4-2)12-16-11-10(14(18)19)7-8-15-13(11)17-12/h7-9H,3-6H2,1-2H3,(H,18,19)(H,15,16,17). The molecule has 0 aliphatic rings. The highest BCUT2D eigenvalue weighted by Crippen LogP contribution is 2.25. The molecule has 0 aromatic carbocycles. The number of carboxylic acid groups (broad SMARTS) is 1. The molecule has 0 spiro atoms. The highest BCUT2D eigenvalue weighted by Gasteiger charge is 2.17. The molecule has 0 saturated carbocycles. The zero-order valence-corrected chi connectivity index (χ0v) is 11.3. The summed E-state index contributed by atoms with van der Waals surface area (Å²) in [7, 11) is 0. The molecule has 0 radical (unpaired) electrons. The summed E-state index contributed by atoms with van der Waals surface area (Å²) in [6, 6.07) is 1.50. The van der Waals surface area contributed by atoms with Crippen molar-refractivity contribution < 1.29 is 9.90 Å². The lowest BCUT2D eigenvalue weighted by Gasteiger charge is -2.10. The molecule has 0 aliphatic heterocycles. The fraction of sp³-hybridized carbons (Fsp3) is 0.500. The molecule has 0 aliphatic carbocycles. The van der Waals surface area contributed by atoms with E-state index in [-0.39, 0.29) is 5.56 Å². The molecule has 2 aromatic heterocycles. The van der Waals surface area contributed by atoms with Gasteiger partial charge in [0.2, 0.25) is 0 Å². The van der Waals surface area contributed by atoms with E-state index in [4.69, 9.17) is 5.11 Å². The zero-order valence-electron chi connectivity index (χ0n) is 11.3. The Bertz CT molecular complexity index is 577. The maximum Gasteiger partial charge on any atom is 0.338 e. The van der Waals surface area contributed by atoms with Crippen LogP contribution in [-0.4, -0.2) is 26.0 Å². The van der Waals surface area contributed by atoms with Gasteiger partial charge in [-0.05, 0) is 18.9 Å². The number of nitrogens with zero attached hydrogens (tertiary/aromatic N) is 2. The molecule has 0 amide bonds. The van der Waals surface area contributed by atoms with Crippen LogP contribution < -0.4 is 0 Å². The first-order valence-corrected chi connectivity index (χ1v) is 6.75. The molecule has 5 heteroatoms. The Morgan fingerprint density at radius 1 is 1.47 bits per heavy atom. The average Bonchev–Trinajstić information content (AvgIpc) is 2.82. The van der Waals surface area contributed by atoms with Gasteiger partial charge in [0.25, 0.3) is 0 Å². The maximum atomic E-state index is 11.2. The Kier molecular flexibility index (Phi) is 4.14.